The summed E-state index contributed by atoms with van der Waals surface area (Å²) in [5, 5.41) is 19.5. The van der Waals surface area contributed by atoms with Gasteiger partial charge in [0.15, 0.2) is 0 Å². The highest BCUT2D eigenvalue weighted by molar-refractivity contribution is 6.15. The lowest BCUT2D eigenvalue weighted by molar-refractivity contribution is -0.384. The van der Waals surface area contributed by atoms with Crippen LogP contribution in [-0.2, 0) is 4.79 Å². The van der Waals surface area contributed by atoms with Crippen molar-refractivity contribution < 1.29 is 14.8 Å². The Bertz CT molecular complexity index is 463. The first-order valence-electron chi connectivity index (χ1n) is 4.78. The molecule has 0 aliphatic carbocycles. The number of hydrogen-bond donors (Lipinski definition) is 1. The molecule has 90 valence electrons. The first-order valence-corrected chi connectivity index (χ1v) is 4.78. The summed E-state index contributed by atoms with van der Waals surface area (Å²) in [6.45, 7) is 0. The zero-order chi connectivity index (χ0) is 13.0. The largest absolute Gasteiger partial charge is 0.478 e. The van der Waals surface area contributed by atoms with Crippen LogP contribution in [0.2, 0.25) is 0 Å². The summed E-state index contributed by atoms with van der Waals surface area (Å²) in [6, 6.07) is 5.40. The van der Waals surface area contributed by atoms with Crippen molar-refractivity contribution in [3.05, 3.63) is 46.1 Å². The molecule has 17 heavy (non-hydrogen) atoms. The molecular weight excluding hydrogens is 224 g/mol. The van der Waals surface area contributed by atoms with Crippen LogP contribution in [0.5, 0.6) is 0 Å². The number of carboxylic acid groups (broad SMARTS) is 1. The number of nitrogens with zero attached hydrogens (tertiary/aromatic N) is 2. The molecule has 0 atom stereocenters. The minimum absolute atomic E-state index is 0.0664. The molecule has 0 aromatic heterocycles. The van der Waals surface area contributed by atoms with Crippen molar-refractivity contribution in [2.75, 3.05) is 14.1 Å². The van der Waals surface area contributed by atoms with Crippen molar-refractivity contribution in [2.45, 2.75) is 0 Å². The van der Waals surface area contributed by atoms with Crippen LogP contribution in [0.1, 0.15) is 5.56 Å². The molecule has 6 nitrogen and oxygen atoms in total. The van der Waals surface area contributed by atoms with Crippen molar-refractivity contribution in [2.24, 2.45) is 0 Å². The molecule has 0 radical (unpaired) electrons. The second kappa shape index (κ2) is 5.11. The van der Waals surface area contributed by atoms with Crippen LogP contribution in [0.4, 0.5) is 5.69 Å². The van der Waals surface area contributed by atoms with Gasteiger partial charge in [-0.25, -0.2) is 4.79 Å². The normalized spacial score (nSPS) is 11.1. The van der Waals surface area contributed by atoms with E-state index in [4.69, 9.17) is 5.11 Å². The Morgan fingerprint density at radius 3 is 2.24 bits per heavy atom. The van der Waals surface area contributed by atoms with E-state index in [1.165, 1.54) is 30.5 Å². The van der Waals surface area contributed by atoms with E-state index in [1.54, 1.807) is 19.0 Å². The van der Waals surface area contributed by atoms with Gasteiger partial charge >= 0.3 is 5.97 Å². The maximum atomic E-state index is 11.0. The third kappa shape index (κ3) is 3.30. The standard InChI is InChI=1S/C11H12N2O4/c1-12(2)7-10(11(14)15)8-3-5-9(6-4-8)13(16)17/h3-7H,1-2H3,(H,14,15)/b10-7+. The van der Waals surface area contributed by atoms with Crippen LogP contribution in [-0.4, -0.2) is 35.0 Å². The first-order chi connectivity index (χ1) is 7.91. The molecule has 0 saturated carbocycles. The average molecular weight is 236 g/mol. The molecule has 0 bridgehead atoms. The number of carboxylic acids is 1. The number of aliphatic carboxylic acids is 1. The number of hydrogen-bond acceptors (Lipinski definition) is 4. The quantitative estimate of drug-likeness (QED) is 0.487. The van der Waals surface area contributed by atoms with E-state index in [0.29, 0.717) is 5.56 Å². The fourth-order valence-electron chi connectivity index (χ4n) is 1.27. The maximum Gasteiger partial charge on any atom is 0.337 e. The van der Waals surface area contributed by atoms with Crippen LogP contribution < -0.4 is 0 Å². The Labute approximate surface area is 97.9 Å². The molecule has 1 rings (SSSR count). The van der Waals surface area contributed by atoms with Crippen molar-refractivity contribution >= 4 is 17.2 Å². The van der Waals surface area contributed by atoms with Gasteiger partial charge in [0.05, 0.1) is 10.5 Å². The smallest absolute Gasteiger partial charge is 0.337 e. The van der Waals surface area contributed by atoms with Gasteiger partial charge in [-0.05, 0) is 17.7 Å². The predicted octanol–water partition coefficient (Wildman–Crippen LogP) is 1.58. The molecule has 0 fully saturated rings. The van der Waals surface area contributed by atoms with Gasteiger partial charge in [-0.3, -0.25) is 10.1 Å². The average Bonchev–Trinajstić information content (AvgIpc) is 2.25. The molecule has 0 spiro atoms. The molecule has 0 heterocycles. The van der Waals surface area contributed by atoms with Gasteiger partial charge in [0.2, 0.25) is 0 Å². The molecule has 0 amide bonds. The van der Waals surface area contributed by atoms with Crippen molar-refractivity contribution in [3.8, 4) is 0 Å². The third-order valence-electron chi connectivity index (χ3n) is 2.01. The van der Waals surface area contributed by atoms with Gasteiger partial charge in [0.25, 0.3) is 5.69 Å². The van der Waals surface area contributed by atoms with Crippen LogP contribution in [0.15, 0.2) is 30.5 Å². The molecule has 1 aromatic rings. The summed E-state index contributed by atoms with van der Waals surface area (Å²) in [7, 11) is 3.41. The highest BCUT2D eigenvalue weighted by atomic mass is 16.6. The van der Waals surface area contributed by atoms with E-state index in [0.717, 1.165) is 0 Å². The van der Waals surface area contributed by atoms with Gasteiger partial charge in [-0.2, -0.15) is 0 Å². The SMILES string of the molecule is CN(C)/C=C(/C(=O)O)c1ccc([N+](=O)[O-])cc1. The van der Waals surface area contributed by atoms with Gasteiger partial charge in [-0.1, -0.05) is 0 Å². The highest BCUT2D eigenvalue weighted by Gasteiger charge is 2.12. The second-order valence-electron chi connectivity index (χ2n) is 3.62. The zero-order valence-corrected chi connectivity index (χ0v) is 9.45. The molecular formula is C11H12N2O4. The first kappa shape index (κ1) is 12.7. The lowest BCUT2D eigenvalue weighted by Crippen LogP contribution is -2.08. The van der Waals surface area contributed by atoms with Crippen molar-refractivity contribution in [3.63, 3.8) is 0 Å². The topological polar surface area (TPSA) is 83.7 Å². The Morgan fingerprint density at radius 1 is 1.35 bits per heavy atom. The number of non-ortho nitro benzene ring substituents is 1. The fourth-order valence-corrected chi connectivity index (χ4v) is 1.27. The summed E-state index contributed by atoms with van der Waals surface area (Å²) in [5.41, 5.74) is 0.449. The Morgan fingerprint density at radius 2 is 1.88 bits per heavy atom. The number of rotatable bonds is 4. The summed E-state index contributed by atoms with van der Waals surface area (Å²) >= 11 is 0. The van der Waals surface area contributed by atoms with Gasteiger partial charge in [-0.15, -0.1) is 0 Å². The van der Waals surface area contributed by atoms with Crippen molar-refractivity contribution in [1.29, 1.82) is 0 Å². The Kier molecular flexibility index (Phi) is 3.82. The van der Waals surface area contributed by atoms with E-state index < -0.39 is 10.9 Å². The summed E-state index contributed by atoms with van der Waals surface area (Å²) in [5.74, 6) is -1.08. The van der Waals surface area contributed by atoms with E-state index >= 15 is 0 Å². The minimum atomic E-state index is -1.08. The number of nitro benzene ring substituents is 1. The van der Waals surface area contributed by atoms with E-state index in [-0.39, 0.29) is 11.3 Å². The minimum Gasteiger partial charge on any atom is -0.478 e. The molecule has 1 N–H and O–H groups in total. The molecule has 0 saturated heterocycles. The van der Waals surface area contributed by atoms with Crippen molar-refractivity contribution in [1.82, 2.24) is 4.90 Å². The van der Waals surface area contributed by atoms with E-state index in [1.807, 2.05) is 0 Å². The van der Waals surface area contributed by atoms with Gasteiger partial charge in [0.1, 0.15) is 0 Å². The number of carbonyl (C=O) groups is 1. The fraction of sp³-hybridized carbons (Fsp3) is 0.182. The molecule has 0 unspecified atom stereocenters. The van der Waals surface area contributed by atoms with Gasteiger partial charge < -0.3 is 10.0 Å². The van der Waals surface area contributed by atoms with E-state index in [9.17, 15) is 14.9 Å². The molecule has 1 aromatic carbocycles. The monoisotopic (exact) mass is 236 g/mol. The molecule has 6 heteroatoms. The van der Waals surface area contributed by atoms with Crippen LogP contribution in [0, 0.1) is 10.1 Å². The maximum absolute atomic E-state index is 11.0. The lowest BCUT2D eigenvalue weighted by Gasteiger charge is -2.08. The third-order valence-corrected chi connectivity index (χ3v) is 2.01. The highest BCUT2D eigenvalue weighted by Crippen LogP contribution is 2.19. The Hall–Kier alpha value is -2.37. The summed E-state index contributed by atoms with van der Waals surface area (Å²) < 4.78 is 0. The van der Waals surface area contributed by atoms with Gasteiger partial charge in [0, 0.05) is 32.4 Å². The number of nitro groups is 1. The van der Waals surface area contributed by atoms with E-state index in [2.05, 4.69) is 0 Å². The Balaban J connectivity index is 3.13. The second-order valence-corrected chi connectivity index (χ2v) is 3.62. The van der Waals surface area contributed by atoms with Crippen LogP contribution in [0.3, 0.4) is 0 Å². The summed E-state index contributed by atoms with van der Waals surface area (Å²) in [4.78, 5) is 22.6. The molecule has 0 aliphatic rings. The summed E-state index contributed by atoms with van der Waals surface area (Å²) in [6.07, 6.45) is 1.45. The predicted molar refractivity (Wildman–Crippen MR) is 62.4 cm³/mol. The van der Waals surface area contributed by atoms with Crippen LogP contribution >= 0.6 is 0 Å². The number of benzene rings is 1. The molecule has 0 aliphatic heterocycles. The lowest BCUT2D eigenvalue weighted by atomic mass is 10.1. The zero-order valence-electron chi connectivity index (χ0n) is 9.45. The van der Waals surface area contributed by atoms with Crippen LogP contribution in [0.25, 0.3) is 5.57 Å².